The van der Waals surface area contributed by atoms with Crippen LogP contribution in [0.2, 0.25) is 0 Å². The van der Waals surface area contributed by atoms with Crippen LogP contribution in [0.1, 0.15) is 23.2 Å². The van der Waals surface area contributed by atoms with Crippen molar-refractivity contribution in [2.75, 3.05) is 26.7 Å². The molecule has 1 atom stereocenters. The van der Waals surface area contributed by atoms with Crippen LogP contribution in [0.4, 0.5) is 4.39 Å². The lowest BCUT2D eigenvalue weighted by atomic mass is 10.1. The Morgan fingerprint density at radius 1 is 1.58 bits per heavy atom. The van der Waals surface area contributed by atoms with Crippen molar-refractivity contribution in [1.29, 1.82) is 0 Å². The predicted molar refractivity (Wildman–Crippen MR) is 70.9 cm³/mol. The molecule has 1 amide bonds. The third-order valence-corrected chi connectivity index (χ3v) is 3.41. The summed E-state index contributed by atoms with van der Waals surface area (Å²) in [6.45, 7) is 2.67. The molecule has 0 saturated carbocycles. The van der Waals surface area contributed by atoms with Gasteiger partial charge in [0.15, 0.2) is 0 Å². The highest BCUT2D eigenvalue weighted by atomic mass is 19.1. The van der Waals surface area contributed by atoms with E-state index < -0.39 is 5.82 Å². The topological polar surface area (TPSA) is 50.4 Å². The zero-order chi connectivity index (χ0) is 13.7. The number of ether oxygens (including phenoxy) is 1. The van der Waals surface area contributed by atoms with E-state index in [2.05, 4.69) is 10.6 Å². The number of carbonyl (C=O) groups excluding carboxylic acids is 1. The molecule has 0 spiro atoms. The highest BCUT2D eigenvalue weighted by molar-refractivity contribution is 5.96. The fraction of sp³-hybridized carbons (Fsp3) is 0.500. The second-order valence-electron chi connectivity index (χ2n) is 4.75. The molecule has 1 heterocycles. The van der Waals surface area contributed by atoms with E-state index in [-0.39, 0.29) is 11.5 Å². The molecule has 1 fully saturated rings. The Kier molecular flexibility index (Phi) is 4.74. The van der Waals surface area contributed by atoms with Crippen LogP contribution >= 0.6 is 0 Å². The molecule has 5 heteroatoms. The molecule has 0 bridgehead atoms. The van der Waals surface area contributed by atoms with Crippen LogP contribution in [0, 0.1) is 11.7 Å². The van der Waals surface area contributed by atoms with Crippen LogP contribution in [0.3, 0.4) is 0 Å². The molecule has 1 aliphatic heterocycles. The molecule has 0 aliphatic carbocycles. The van der Waals surface area contributed by atoms with Gasteiger partial charge >= 0.3 is 0 Å². The number of amides is 1. The summed E-state index contributed by atoms with van der Waals surface area (Å²) in [6.07, 6.45) is 2.09. The second kappa shape index (κ2) is 6.52. The van der Waals surface area contributed by atoms with Crippen LogP contribution in [-0.2, 0) is 0 Å². The summed E-state index contributed by atoms with van der Waals surface area (Å²) in [6, 6.07) is 3.94. The number of nitrogens with one attached hydrogen (secondary N) is 2. The van der Waals surface area contributed by atoms with E-state index in [0.29, 0.717) is 18.2 Å². The summed E-state index contributed by atoms with van der Waals surface area (Å²) in [5.74, 6) is 0.282. The maximum absolute atomic E-state index is 13.2. The van der Waals surface area contributed by atoms with Crippen molar-refractivity contribution in [2.45, 2.75) is 12.8 Å². The average molecular weight is 266 g/mol. The van der Waals surface area contributed by atoms with Gasteiger partial charge in [0.2, 0.25) is 0 Å². The van der Waals surface area contributed by atoms with E-state index in [1.165, 1.54) is 25.3 Å². The van der Waals surface area contributed by atoms with Gasteiger partial charge in [-0.2, -0.15) is 0 Å². The summed E-state index contributed by atoms with van der Waals surface area (Å²) in [4.78, 5) is 12.0. The summed E-state index contributed by atoms with van der Waals surface area (Å²) in [5.41, 5.74) is 0.243. The van der Waals surface area contributed by atoms with Gasteiger partial charge in [-0.3, -0.25) is 4.79 Å². The second-order valence-corrected chi connectivity index (χ2v) is 4.75. The minimum Gasteiger partial charge on any atom is -0.496 e. The normalized spacial score (nSPS) is 18.3. The van der Waals surface area contributed by atoms with Crippen LogP contribution in [0.25, 0.3) is 0 Å². The van der Waals surface area contributed by atoms with E-state index >= 15 is 0 Å². The molecule has 4 nitrogen and oxygen atoms in total. The first kappa shape index (κ1) is 13.8. The Labute approximate surface area is 112 Å². The summed E-state index contributed by atoms with van der Waals surface area (Å²) in [7, 11) is 1.47. The molecular weight excluding hydrogens is 247 g/mol. The maximum atomic E-state index is 13.2. The maximum Gasteiger partial charge on any atom is 0.255 e. The van der Waals surface area contributed by atoms with E-state index in [0.717, 1.165) is 25.9 Å². The lowest BCUT2D eigenvalue weighted by molar-refractivity contribution is 0.0948. The molecule has 2 N–H and O–H groups in total. The van der Waals surface area contributed by atoms with E-state index in [1.54, 1.807) is 0 Å². The molecule has 19 heavy (non-hydrogen) atoms. The van der Waals surface area contributed by atoms with Crippen LogP contribution in [0.5, 0.6) is 5.75 Å². The van der Waals surface area contributed by atoms with Crippen LogP contribution in [-0.4, -0.2) is 32.7 Å². The molecular formula is C14H19FN2O2. The molecule has 1 saturated heterocycles. The van der Waals surface area contributed by atoms with Crippen molar-refractivity contribution in [2.24, 2.45) is 5.92 Å². The summed E-state index contributed by atoms with van der Waals surface area (Å²) in [5, 5.41) is 6.10. The molecule has 1 aromatic rings. The lowest BCUT2D eigenvalue weighted by Gasteiger charge is -2.11. The van der Waals surface area contributed by atoms with E-state index in [1.807, 2.05) is 0 Å². The molecule has 1 unspecified atom stereocenters. The first-order chi connectivity index (χ1) is 9.20. The van der Waals surface area contributed by atoms with Gasteiger partial charge in [0, 0.05) is 6.54 Å². The fourth-order valence-electron chi connectivity index (χ4n) is 2.30. The SMILES string of the molecule is COc1ccc(F)cc1C(=O)NCCC1CCNC1. The van der Waals surface area contributed by atoms with E-state index in [9.17, 15) is 9.18 Å². The number of hydrogen-bond donors (Lipinski definition) is 2. The van der Waals surface area contributed by atoms with Crippen molar-refractivity contribution < 1.29 is 13.9 Å². The van der Waals surface area contributed by atoms with Crippen molar-refractivity contribution in [3.63, 3.8) is 0 Å². The smallest absolute Gasteiger partial charge is 0.255 e. The van der Waals surface area contributed by atoms with Crippen molar-refractivity contribution >= 4 is 5.91 Å². The molecule has 2 rings (SSSR count). The highest BCUT2D eigenvalue weighted by Gasteiger charge is 2.16. The zero-order valence-corrected chi connectivity index (χ0v) is 11.0. The van der Waals surface area contributed by atoms with Gasteiger partial charge in [0.25, 0.3) is 5.91 Å². The fourth-order valence-corrected chi connectivity index (χ4v) is 2.30. The Morgan fingerprint density at radius 2 is 2.42 bits per heavy atom. The number of benzene rings is 1. The number of rotatable bonds is 5. The summed E-state index contributed by atoms with van der Waals surface area (Å²) < 4.78 is 18.2. The van der Waals surface area contributed by atoms with Crippen LogP contribution < -0.4 is 15.4 Å². The van der Waals surface area contributed by atoms with Gasteiger partial charge in [-0.1, -0.05) is 0 Å². The van der Waals surface area contributed by atoms with E-state index in [4.69, 9.17) is 4.74 Å². The molecule has 0 aromatic heterocycles. The zero-order valence-electron chi connectivity index (χ0n) is 11.0. The molecule has 0 radical (unpaired) electrons. The number of methoxy groups -OCH3 is 1. The average Bonchev–Trinajstić information content (AvgIpc) is 2.91. The van der Waals surface area contributed by atoms with Gasteiger partial charge in [-0.05, 0) is 50.0 Å². The number of halogens is 1. The summed E-state index contributed by atoms with van der Waals surface area (Å²) >= 11 is 0. The minimum atomic E-state index is -0.439. The number of carbonyl (C=O) groups is 1. The van der Waals surface area contributed by atoms with Crippen LogP contribution in [0.15, 0.2) is 18.2 Å². The van der Waals surface area contributed by atoms with Crippen molar-refractivity contribution in [3.8, 4) is 5.75 Å². The molecule has 1 aliphatic rings. The largest absolute Gasteiger partial charge is 0.496 e. The predicted octanol–water partition coefficient (Wildman–Crippen LogP) is 1.56. The molecule has 104 valence electrons. The van der Waals surface area contributed by atoms with Gasteiger partial charge < -0.3 is 15.4 Å². The minimum absolute atomic E-state index is 0.243. The first-order valence-corrected chi connectivity index (χ1v) is 6.53. The van der Waals surface area contributed by atoms with Crippen molar-refractivity contribution in [1.82, 2.24) is 10.6 Å². The first-order valence-electron chi connectivity index (χ1n) is 6.53. The van der Waals surface area contributed by atoms with Gasteiger partial charge in [0.05, 0.1) is 12.7 Å². The van der Waals surface area contributed by atoms with Gasteiger partial charge in [0.1, 0.15) is 11.6 Å². The van der Waals surface area contributed by atoms with Crippen molar-refractivity contribution in [3.05, 3.63) is 29.6 Å². The Balaban J connectivity index is 1.89. The third-order valence-electron chi connectivity index (χ3n) is 3.41. The van der Waals surface area contributed by atoms with Gasteiger partial charge in [-0.15, -0.1) is 0 Å². The Morgan fingerprint density at radius 3 is 3.11 bits per heavy atom. The Bertz CT molecular complexity index is 445. The number of hydrogen-bond acceptors (Lipinski definition) is 3. The highest BCUT2D eigenvalue weighted by Crippen LogP contribution is 2.19. The Hall–Kier alpha value is -1.62. The standard InChI is InChI=1S/C14H19FN2O2/c1-19-13-3-2-11(15)8-12(13)14(18)17-7-5-10-4-6-16-9-10/h2-3,8,10,16H,4-7,9H2,1H3,(H,17,18). The van der Waals surface area contributed by atoms with Gasteiger partial charge in [-0.25, -0.2) is 4.39 Å². The molecule has 1 aromatic carbocycles. The monoisotopic (exact) mass is 266 g/mol. The quantitative estimate of drug-likeness (QED) is 0.850. The lowest BCUT2D eigenvalue weighted by Crippen LogP contribution is -2.27. The third kappa shape index (κ3) is 3.67.